The summed E-state index contributed by atoms with van der Waals surface area (Å²) >= 11 is 6.07. The molecule has 4 N–H and O–H groups in total. The van der Waals surface area contributed by atoms with E-state index in [-0.39, 0.29) is 40.5 Å². The van der Waals surface area contributed by atoms with Gasteiger partial charge < -0.3 is 30.7 Å². The van der Waals surface area contributed by atoms with E-state index in [1.165, 1.54) is 6.07 Å². The summed E-state index contributed by atoms with van der Waals surface area (Å²) in [5, 5.41) is 18.3. The minimum absolute atomic E-state index is 0.0821. The molecule has 2 fully saturated rings. The number of hydrogen-bond donors (Lipinski definition) is 4. The average molecular weight is 585 g/mol. The molecule has 1 heterocycles. The summed E-state index contributed by atoms with van der Waals surface area (Å²) in [5.41, 5.74) is 1.35. The number of benzene rings is 2. The van der Waals surface area contributed by atoms with Gasteiger partial charge in [0.05, 0.1) is 11.1 Å². The van der Waals surface area contributed by atoms with Crippen LogP contribution in [0, 0.1) is 12.3 Å². The van der Waals surface area contributed by atoms with Gasteiger partial charge in [-0.2, -0.15) is 0 Å². The van der Waals surface area contributed by atoms with Crippen LogP contribution in [0.25, 0.3) is 0 Å². The van der Waals surface area contributed by atoms with Crippen LogP contribution < -0.4 is 16.0 Å². The van der Waals surface area contributed by atoms with Crippen LogP contribution in [0.5, 0.6) is 5.75 Å². The second kappa shape index (κ2) is 11.6. The van der Waals surface area contributed by atoms with E-state index in [0.29, 0.717) is 35.3 Å². The van der Waals surface area contributed by atoms with Gasteiger partial charge in [-0.25, -0.2) is 4.79 Å². The molecule has 1 aliphatic heterocycles. The van der Waals surface area contributed by atoms with Gasteiger partial charge in [0.15, 0.2) is 0 Å². The Morgan fingerprint density at radius 2 is 1.85 bits per heavy atom. The van der Waals surface area contributed by atoms with Crippen molar-refractivity contribution in [3.8, 4) is 5.75 Å². The molecule has 1 aliphatic carbocycles. The number of phenolic OH excluding ortho intramolecular Hbond substituents is 1. The Balaban J connectivity index is 1.49. The number of phenols is 1. The third kappa shape index (κ3) is 7.11. The van der Waals surface area contributed by atoms with E-state index in [9.17, 15) is 24.3 Å². The third-order valence-electron chi connectivity index (χ3n) is 7.55. The van der Waals surface area contributed by atoms with Gasteiger partial charge >= 0.3 is 6.09 Å². The second-order valence-corrected chi connectivity index (χ2v) is 12.3. The number of carbonyl (C=O) groups excluding carboxylic acids is 4. The molecule has 1 saturated carbocycles. The van der Waals surface area contributed by atoms with Crippen LogP contribution in [0.1, 0.15) is 65.5 Å². The van der Waals surface area contributed by atoms with Gasteiger partial charge in [0, 0.05) is 43.1 Å². The molecule has 2 aromatic rings. The van der Waals surface area contributed by atoms with Crippen LogP contribution >= 0.6 is 11.6 Å². The van der Waals surface area contributed by atoms with E-state index in [1.807, 2.05) is 0 Å². The lowest BCUT2D eigenvalue weighted by atomic mass is 9.99. The Hall–Kier alpha value is -3.79. The molecule has 0 bridgehead atoms. The van der Waals surface area contributed by atoms with Crippen LogP contribution in [0.3, 0.4) is 0 Å². The first-order valence-corrected chi connectivity index (χ1v) is 14.0. The standard InChI is InChI=1S/C30H37ClN4O6/c1-17-12-19(7-8-20(17)25(37)32-5)27(39)35-15-24(30(16-35)10-11-30)34-26(38)22(33-28(40)41-29(2,3)4)14-18-6-9-23(36)21(31)13-18/h6-9,12-13,22,24,36H,10-11,14-16H2,1-5H3,(H,32,37)(H,33,40)(H,34,38)/t22-,24?/m0/s1. The molecule has 41 heavy (non-hydrogen) atoms. The Morgan fingerprint density at radius 1 is 1.15 bits per heavy atom. The minimum Gasteiger partial charge on any atom is -0.506 e. The summed E-state index contributed by atoms with van der Waals surface area (Å²) < 4.78 is 5.39. The molecule has 1 saturated heterocycles. The third-order valence-corrected chi connectivity index (χ3v) is 7.85. The van der Waals surface area contributed by atoms with Crippen molar-refractivity contribution in [1.29, 1.82) is 0 Å². The smallest absolute Gasteiger partial charge is 0.408 e. The molecule has 11 heteroatoms. The molecule has 10 nitrogen and oxygen atoms in total. The van der Waals surface area contributed by atoms with Crippen molar-refractivity contribution in [3.63, 3.8) is 0 Å². The highest BCUT2D eigenvalue weighted by Crippen LogP contribution is 2.53. The molecule has 0 aromatic heterocycles. The fourth-order valence-corrected chi connectivity index (χ4v) is 5.41. The number of carbonyl (C=O) groups is 4. The number of aromatic hydroxyl groups is 1. The SMILES string of the molecule is CNC(=O)c1ccc(C(=O)N2CC(NC(=O)[C@H](Cc3ccc(O)c(Cl)c3)NC(=O)OC(C)(C)C)C3(CC3)C2)cc1C. The summed E-state index contributed by atoms with van der Waals surface area (Å²) in [6.45, 7) is 7.81. The van der Waals surface area contributed by atoms with Crippen LogP contribution in [-0.4, -0.2) is 71.6 Å². The van der Waals surface area contributed by atoms with Gasteiger partial charge in [-0.05, 0) is 82.0 Å². The highest BCUT2D eigenvalue weighted by molar-refractivity contribution is 6.32. The van der Waals surface area contributed by atoms with Crippen molar-refractivity contribution < 1.29 is 29.0 Å². The first-order chi connectivity index (χ1) is 19.2. The van der Waals surface area contributed by atoms with E-state index >= 15 is 0 Å². The molecule has 4 amide bonds. The molecular weight excluding hydrogens is 548 g/mol. The Kier molecular flexibility index (Phi) is 8.54. The predicted molar refractivity (Wildman–Crippen MR) is 154 cm³/mol. The highest BCUT2D eigenvalue weighted by Gasteiger charge is 2.56. The molecule has 1 unspecified atom stereocenters. The lowest BCUT2D eigenvalue weighted by molar-refractivity contribution is -0.124. The van der Waals surface area contributed by atoms with Gasteiger partial charge in [0.1, 0.15) is 17.4 Å². The van der Waals surface area contributed by atoms with Crippen LogP contribution in [-0.2, 0) is 16.0 Å². The van der Waals surface area contributed by atoms with Crippen molar-refractivity contribution in [2.45, 2.75) is 64.6 Å². The second-order valence-electron chi connectivity index (χ2n) is 11.9. The number of amides is 4. The fourth-order valence-electron chi connectivity index (χ4n) is 5.20. The van der Waals surface area contributed by atoms with Crippen molar-refractivity contribution in [2.24, 2.45) is 5.41 Å². The summed E-state index contributed by atoms with van der Waals surface area (Å²) in [6, 6.07) is 8.34. The molecule has 1 spiro atoms. The van der Waals surface area contributed by atoms with Crippen molar-refractivity contribution in [1.82, 2.24) is 20.9 Å². The van der Waals surface area contributed by atoms with Gasteiger partial charge in [0.25, 0.3) is 11.8 Å². The lowest BCUT2D eigenvalue weighted by Gasteiger charge is -2.26. The number of halogens is 1. The highest BCUT2D eigenvalue weighted by atomic mass is 35.5. The maximum atomic E-state index is 13.6. The average Bonchev–Trinajstić information content (AvgIpc) is 3.59. The van der Waals surface area contributed by atoms with Crippen LogP contribution in [0.2, 0.25) is 5.02 Å². The van der Waals surface area contributed by atoms with Crippen molar-refractivity contribution in [2.75, 3.05) is 20.1 Å². The molecule has 2 aromatic carbocycles. The number of alkyl carbamates (subject to hydrolysis) is 1. The topological polar surface area (TPSA) is 137 Å². The fraction of sp³-hybridized carbons (Fsp3) is 0.467. The molecule has 220 valence electrons. The number of nitrogens with one attached hydrogen (secondary N) is 3. The van der Waals surface area contributed by atoms with E-state index in [0.717, 1.165) is 12.8 Å². The minimum atomic E-state index is -0.981. The number of nitrogens with zero attached hydrogens (tertiary/aromatic N) is 1. The number of ether oxygens (including phenoxy) is 1. The Morgan fingerprint density at radius 3 is 2.44 bits per heavy atom. The lowest BCUT2D eigenvalue weighted by Crippen LogP contribution is -2.53. The zero-order chi connectivity index (χ0) is 30.1. The van der Waals surface area contributed by atoms with Crippen LogP contribution in [0.15, 0.2) is 36.4 Å². The first kappa shape index (κ1) is 30.2. The van der Waals surface area contributed by atoms with Crippen molar-refractivity contribution >= 4 is 35.4 Å². The maximum Gasteiger partial charge on any atom is 0.408 e. The number of likely N-dealkylation sites (tertiary alicyclic amines) is 1. The van der Waals surface area contributed by atoms with E-state index in [2.05, 4.69) is 16.0 Å². The number of hydrogen-bond acceptors (Lipinski definition) is 6. The van der Waals surface area contributed by atoms with Gasteiger partial charge in [-0.15, -0.1) is 0 Å². The van der Waals surface area contributed by atoms with E-state index in [4.69, 9.17) is 16.3 Å². The summed E-state index contributed by atoms with van der Waals surface area (Å²) in [7, 11) is 1.56. The summed E-state index contributed by atoms with van der Waals surface area (Å²) in [6.07, 6.45) is 1.12. The predicted octanol–water partition coefficient (Wildman–Crippen LogP) is 3.57. The Bertz CT molecular complexity index is 1370. The zero-order valence-corrected chi connectivity index (χ0v) is 24.7. The molecule has 2 aliphatic rings. The molecule has 4 rings (SSSR count). The summed E-state index contributed by atoms with van der Waals surface area (Å²) in [4.78, 5) is 53.4. The first-order valence-electron chi connectivity index (χ1n) is 13.6. The number of aryl methyl sites for hydroxylation is 1. The molecular formula is C30H37ClN4O6. The van der Waals surface area contributed by atoms with Gasteiger partial charge in [0.2, 0.25) is 5.91 Å². The summed E-state index contributed by atoms with van der Waals surface area (Å²) in [5.74, 6) is -0.869. The normalized spacial score (nSPS) is 18.0. The van der Waals surface area contributed by atoms with Gasteiger partial charge in [-0.1, -0.05) is 17.7 Å². The monoisotopic (exact) mass is 584 g/mol. The quantitative estimate of drug-likeness (QED) is 0.393. The maximum absolute atomic E-state index is 13.6. The van der Waals surface area contributed by atoms with E-state index < -0.39 is 23.6 Å². The molecule has 0 radical (unpaired) electrons. The largest absolute Gasteiger partial charge is 0.506 e. The van der Waals surface area contributed by atoms with Crippen molar-refractivity contribution in [3.05, 3.63) is 63.7 Å². The molecule has 2 atom stereocenters. The van der Waals surface area contributed by atoms with Gasteiger partial charge in [-0.3, -0.25) is 14.4 Å². The Labute approximate surface area is 244 Å². The zero-order valence-electron chi connectivity index (χ0n) is 24.0. The van der Waals surface area contributed by atoms with Crippen LogP contribution in [0.4, 0.5) is 4.79 Å². The van der Waals surface area contributed by atoms with E-state index in [1.54, 1.807) is 70.0 Å². The number of rotatable bonds is 7.